The van der Waals surface area contributed by atoms with Gasteiger partial charge in [-0.15, -0.1) is 0 Å². The number of rotatable bonds is 6. The van der Waals surface area contributed by atoms with E-state index in [-0.39, 0.29) is 6.04 Å². The molecule has 0 radical (unpaired) electrons. The van der Waals surface area contributed by atoms with Gasteiger partial charge in [0.15, 0.2) is 0 Å². The lowest BCUT2D eigenvalue weighted by Gasteiger charge is -2.15. The van der Waals surface area contributed by atoms with Gasteiger partial charge >= 0.3 is 0 Å². The number of hydrogen-bond donors (Lipinski definition) is 1. The Morgan fingerprint density at radius 2 is 2.18 bits per heavy atom. The number of methoxy groups -OCH3 is 1. The monoisotopic (exact) mass is 273 g/mol. The van der Waals surface area contributed by atoms with Gasteiger partial charge in [0.05, 0.1) is 12.1 Å². The van der Waals surface area contributed by atoms with Gasteiger partial charge < -0.3 is 10.5 Å². The minimum atomic E-state index is 0.0279. The second-order valence-corrected chi connectivity index (χ2v) is 5.93. The Morgan fingerprint density at radius 1 is 1.47 bits per heavy atom. The second-order valence-electron chi connectivity index (χ2n) is 4.05. The standard InChI is InChI=1S/C13H20ClNOS/c1-4-9(2)17-8-12(15)10-5-6-11(14)13(7-10)16-3/h5-7,9,12H,4,8,15H2,1-3H3. The summed E-state index contributed by atoms with van der Waals surface area (Å²) in [5.41, 5.74) is 7.22. The second kappa shape index (κ2) is 7.14. The van der Waals surface area contributed by atoms with E-state index in [4.69, 9.17) is 22.1 Å². The molecule has 1 rings (SSSR count). The molecule has 0 amide bonds. The highest BCUT2D eigenvalue weighted by molar-refractivity contribution is 7.99. The van der Waals surface area contributed by atoms with Gasteiger partial charge in [-0.05, 0) is 24.1 Å². The Morgan fingerprint density at radius 3 is 2.76 bits per heavy atom. The molecule has 0 aliphatic heterocycles. The normalized spacial score (nSPS) is 14.4. The van der Waals surface area contributed by atoms with E-state index in [0.717, 1.165) is 11.3 Å². The molecule has 0 aliphatic carbocycles. The highest BCUT2D eigenvalue weighted by Gasteiger charge is 2.11. The Kier molecular flexibility index (Phi) is 6.17. The molecule has 2 N–H and O–H groups in total. The quantitative estimate of drug-likeness (QED) is 0.854. The van der Waals surface area contributed by atoms with Gasteiger partial charge in [-0.1, -0.05) is 31.5 Å². The predicted octanol–water partition coefficient (Wildman–Crippen LogP) is 3.88. The zero-order chi connectivity index (χ0) is 12.8. The fraction of sp³-hybridized carbons (Fsp3) is 0.538. The zero-order valence-corrected chi connectivity index (χ0v) is 12.1. The summed E-state index contributed by atoms with van der Waals surface area (Å²) < 4.78 is 5.19. The molecule has 0 spiro atoms. The third-order valence-corrected chi connectivity index (χ3v) is 4.50. The largest absolute Gasteiger partial charge is 0.495 e. The van der Waals surface area contributed by atoms with Crippen LogP contribution in [0.15, 0.2) is 18.2 Å². The smallest absolute Gasteiger partial charge is 0.137 e. The molecule has 0 fully saturated rings. The third kappa shape index (κ3) is 4.41. The van der Waals surface area contributed by atoms with Crippen LogP contribution in [0, 0.1) is 0 Å². The van der Waals surface area contributed by atoms with Crippen molar-refractivity contribution in [3.63, 3.8) is 0 Å². The Balaban J connectivity index is 2.65. The Hall–Kier alpha value is -0.380. The summed E-state index contributed by atoms with van der Waals surface area (Å²) in [5.74, 6) is 1.60. The fourth-order valence-electron chi connectivity index (χ4n) is 1.39. The van der Waals surface area contributed by atoms with Crippen molar-refractivity contribution < 1.29 is 4.74 Å². The molecule has 2 unspecified atom stereocenters. The van der Waals surface area contributed by atoms with Crippen LogP contribution in [0.5, 0.6) is 5.75 Å². The van der Waals surface area contributed by atoms with Gasteiger partial charge in [0.1, 0.15) is 5.75 Å². The van der Waals surface area contributed by atoms with Gasteiger partial charge in [0, 0.05) is 17.0 Å². The number of nitrogens with two attached hydrogens (primary N) is 1. The molecule has 0 bridgehead atoms. The van der Waals surface area contributed by atoms with Crippen molar-refractivity contribution in [2.24, 2.45) is 5.73 Å². The van der Waals surface area contributed by atoms with Gasteiger partial charge in [-0.2, -0.15) is 11.8 Å². The maximum Gasteiger partial charge on any atom is 0.137 e. The molecule has 0 aliphatic rings. The number of halogens is 1. The summed E-state index contributed by atoms with van der Waals surface area (Å²) >= 11 is 7.88. The molecule has 2 atom stereocenters. The molecule has 17 heavy (non-hydrogen) atoms. The minimum Gasteiger partial charge on any atom is -0.495 e. The molecule has 0 heterocycles. The van der Waals surface area contributed by atoms with Crippen LogP contribution in [0.3, 0.4) is 0 Å². The fourth-order valence-corrected chi connectivity index (χ4v) is 2.55. The molecular weight excluding hydrogens is 254 g/mol. The minimum absolute atomic E-state index is 0.0279. The van der Waals surface area contributed by atoms with Crippen LogP contribution in [-0.4, -0.2) is 18.1 Å². The molecule has 0 saturated carbocycles. The summed E-state index contributed by atoms with van der Waals surface area (Å²) in [6.45, 7) is 4.41. The van der Waals surface area contributed by atoms with E-state index in [9.17, 15) is 0 Å². The first-order valence-electron chi connectivity index (χ1n) is 5.79. The first kappa shape index (κ1) is 14.7. The highest BCUT2D eigenvalue weighted by Crippen LogP contribution is 2.29. The van der Waals surface area contributed by atoms with Crippen LogP contribution in [0.1, 0.15) is 31.9 Å². The van der Waals surface area contributed by atoms with Gasteiger partial charge in [-0.25, -0.2) is 0 Å². The van der Waals surface area contributed by atoms with Crippen molar-refractivity contribution in [3.8, 4) is 5.75 Å². The summed E-state index contributed by atoms with van der Waals surface area (Å²) in [7, 11) is 1.62. The Labute approximate surface area is 113 Å². The molecule has 1 aromatic rings. The SMILES string of the molecule is CCC(C)SCC(N)c1ccc(Cl)c(OC)c1. The average molecular weight is 274 g/mol. The maximum absolute atomic E-state index is 6.15. The van der Waals surface area contributed by atoms with Crippen LogP contribution < -0.4 is 10.5 Å². The molecule has 0 saturated heterocycles. The molecule has 1 aromatic carbocycles. The molecular formula is C13H20ClNOS. The third-order valence-electron chi connectivity index (χ3n) is 2.74. The average Bonchev–Trinajstić information content (AvgIpc) is 2.35. The van der Waals surface area contributed by atoms with Crippen LogP contribution in [0.2, 0.25) is 5.02 Å². The van der Waals surface area contributed by atoms with E-state index in [0.29, 0.717) is 16.0 Å². The van der Waals surface area contributed by atoms with Gasteiger partial charge in [0.25, 0.3) is 0 Å². The first-order valence-corrected chi connectivity index (χ1v) is 7.21. The number of benzene rings is 1. The summed E-state index contributed by atoms with van der Waals surface area (Å²) in [4.78, 5) is 0. The van der Waals surface area contributed by atoms with E-state index >= 15 is 0 Å². The lowest BCUT2D eigenvalue weighted by molar-refractivity contribution is 0.414. The van der Waals surface area contributed by atoms with Crippen molar-refractivity contribution in [2.45, 2.75) is 31.6 Å². The topological polar surface area (TPSA) is 35.2 Å². The highest BCUT2D eigenvalue weighted by atomic mass is 35.5. The van der Waals surface area contributed by atoms with Crippen molar-refractivity contribution in [2.75, 3.05) is 12.9 Å². The van der Waals surface area contributed by atoms with E-state index in [1.165, 1.54) is 6.42 Å². The molecule has 96 valence electrons. The first-order chi connectivity index (χ1) is 8.08. The van der Waals surface area contributed by atoms with Crippen molar-refractivity contribution in [1.82, 2.24) is 0 Å². The summed E-state index contributed by atoms with van der Waals surface area (Å²) in [6, 6.07) is 5.75. The van der Waals surface area contributed by atoms with Gasteiger partial charge in [-0.3, -0.25) is 0 Å². The Bertz CT molecular complexity index is 359. The molecule has 2 nitrogen and oxygen atoms in total. The molecule has 4 heteroatoms. The lowest BCUT2D eigenvalue weighted by atomic mass is 10.1. The van der Waals surface area contributed by atoms with Crippen molar-refractivity contribution >= 4 is 23.4 Å². The number of hydrogen-bond acceptors (Lipinski definition) is 3. The zero-order valence-electron chi connectivity index (χ0n) is 10.6. The van der Waals surface area contributed by atoms with Crippen molar-refractivity contribution in [3.05, 3.63) is 28.8 Å². The van der Waals surface area contributed by atoms with E-state index in [1.807, 2.05) is 30.0 Å². The van der Waals surface area contributed by atoms with Crippen LogP contribution >= 0.6 is 23.4 Å². The van der Waals surface area contributed by atoms with Crippen LogP contribution in [0.25, 0.3) is 0 Å². The van der Waals surface area contributed by atoms with Crippen LogP contribution in [-0.2, 0) is 0 Å². The van der Waals surface area contributed by atoms with E-state index < -0.39 is 0 Å². The van der Waals surface area contributed by atoms with Crippen LogP contribution in [0.4, 0.5) is 0 Å². The summed E-state index contributed by atoms with van der Waals surface area (Å²) in [6.07, 6.45) is 1.17. The van der Waals surface area contributed by atoms with Gasteiger partial charge in [0.2, 0.25) is 0 Å². The predicted molar refractivity (Wildman–Crippen MR) is 77.1 cm³/mol. The lowest BCUT2D eigenvalue weighted by Crippen LogP contribution is -2.14. The number of thioether (sulfide) groups is 1. The number of ether oxygens (including phenoxy) is 1. The van der Waals surface area contributed by atoms with Crippen molar-refractivity contribution in [1.29, 1.82) is 0 Å². The summed E-state index contributed by atoms with van der Waals surface area (Å²) in [5, 5.41) is 1.27. The molecule has 0 aromatic heterocycles. The van der Waals surface area contributed by atoms with E-state index in [2.05, 4.69) is 13.8 Å². The maximum atomic E-state index is 6.15. The van der Waals surface area contributed by atoms with E-state index in [1.54, 1.807) is 7.11 Å².